The van der Waals surface area contributed by atoms with Gasteiger partial charge in [-0.3, -0.25) is 9.59 Å². The lowest BCUT2D eigenvalue weighted by Gasteiger charge is -2.04. The Morgan fingerprint density at radius 2 is 2.11 bits per heavy atom. The summed E-state index contributed by atoms with van der Waals surface area (Å²) in [6.45, 7) is -0.379. The molecule has 1 aromatic rings. The molecule has 0 unspecified atom stereocenters. The lowest BCUT2D eigenvalue weighted by atomic mass is 10.1. The largest absolute Gasteiger partial charge is 0.455 e. The Balaban J connectivity index is 1.98. The van der Waals surface area contributed by atoms with Gasteiger partial charge in [-0.15, -0.1) is 0 Å². The van der Waals surface area contributed by atoms with E-state index in [9.17, 15) is 9.59 Å². The molecule has 1 amide bonds. The number of nitrogens with two attached hydrogens (primary N) is 1. The van der Waals surface area contributed by atoms with E-state index in [1.165, 1.54) is 0 Å². The molecule has 1 aromatic carbocycles. The minimum Gasteiger partial charge on any atom is -0.455 e. The fraction of sp³-hybridized carbons (Fsp3) is 0.333. The fourth-order valence-corrected chi connectivity index (χ4v) is 2.40. The molecule has 1 aliphatic carbocycles. The number of ether oxygens (including phenoxy) is 1. The number of hydrogen-bond acceptors (Lipinski definition) is 3. The highest BCUT2D eigenvalue weighted by Crippen LogP contribution is 2.50. The zero-order valence-electron chi connectivity index (χ0n) is 9.36. The molecule has 0 spiro atoms. The maximum Gasteiger partial charge on any atom is 0.310 e. The fourth-order valence-electron chi connectivity index (χ4n) is 1.85. The predicted molar refractivity (Wildman–Crippen MR) is 67.5 cm³/mol. The summed E-state index contributed by atoms with van der Waals surface area (Å²) in [4.78, 5) is 22.1. The first kappa shape index (κ1) is 13.2. The molecule has 96 valence electrons. The van der Waals surface area contributed by atoms with Crippen molar-refractivity contribution in [3.05, 3.63) is 33.8 Å². The quantitative estimate of drug-likeness (QED) is 0.863. The van der Waals surface area contributed by atoms with Gasteiger partial charge in [-0.2, -0.15) is 0 Å². The van der Waals surface area contributed by atoms with Gasteiger partial charge in [0, 0.05) is 10.0 Å². The van der Waals surface area contributed by atoms with E-state index in [0.29, 0.717) is 16.5 Å². The summed E-state index contributed by atoms with van der Waals surface area (Å²) >= 11 is 11.8. The lowest BCUT2D eigenvalue weighted by molar-refractivity contribution is -0.149. The van der Waals surface area contributed by atoms with Crippen molar-refractivity contribution < 1.29 is 14.3 Å². The summed E-state index contributed by atoms with van der Waals surface area (Å²) in [5.41, 5.74) is 5.77. The lowest BCUT2D eigenvalue weighted by Crippen LogP contribution is -2.21. The van der Waals surface area contributed by atoms with Gasteiger partial charge in [0.05, 0.1) is 5.92 Å². The Morgan fingerprint density at radius 1 is 1.39 bits per heavy atom. The van der Waals surface area contributed by atoms with Crippen LogP contribution in [0.2, 0.25) is 10.0 Å². The Labute approximate surface area is 114 Å². The molecule has 2 N–H and O–H groups in total. The Bertz CT molecular complexity index is 504. The number of esters is 1. The van der Waals surface area contributed by atoms with Crippen molar-refractivity contribution in [2.45, 2.75) is 12.3 Å². The van der Waals surface area contributed by atoms with E-state index in [4.69, 9.17) is 33.7 Å². The monoisotopic (exact) mass is 287 g/mol. The third-order valence-electron chi connectivity index (χ3n) is 2.81. The second kappa shape index (κ2) is 5.16. The molecule has 4 nitrogen and oxygen atoms in total. The number of primary amides is 1. The van der Waals surface area contributed by atoms with Crippen LogP contribution in [0.4, 0.5) is 0 Å². The van der Waals surface area contributed by atoms with Crippen LogP contribution in [-0.4, -0.2) is 18.5 Å². The van der Waals surface area contributed by atoms with E-state index in [2.05, 4.69) is 0 Å². The van der Waals surface area contributed by atoms with Gasteiger partial charge in [0.1, 0.15) is 0 Å². The maximum absolute atomic E-state index is 11.6. The van der Waals surface area contributed by atoms with Gasteiger partial charge in [0.25, 0.3) is 5.91 Å². The van der Waals surface area contributed by atoms with Crippen molar-refractivity contribution in [2.24, 2.45) is 11.7 Å². The molecular formula is C12H11Cl2NO3. The smallest absolute Gasteiger partial charge is 0.310 e. The van der Waals surface area contributed by atoms with Crippen LogP contribution in [0.3, 0.4) is 0 Å². The van der Waals surface area contributed by atoms with Crippen molar-refractivity contribution in [1.82, 2.24) is 0 Å². The summed E-state index contributed by atoms with van der Waals surface area (Å²) in [7, 11) is 0. The first-order valence-electron chi connectivity index (χ1n) is 5.39. The van der Waals surface area contributed by atoms with E-state index in [0.717, 1.165) is 5.56 Å². The average molecular weight is 288 g/mol. The third-order valence-corrected chi connectivity index (χ3v) is 3.37. The highest BCUT2D eigenvalue weighted by atomic mass is 35.5. The van der Waals surface area contributed by atoms with Gasteiger partial charge in [-0.25, -0.2) is 0 Å². The van der Waals surface area contributed by atoms with Crippen LogP contribution in [0.15, 0.2) is 18.2 Å². The second-order valence-electron chi connectivity index (χ2n) is 4.19. The summed E-state index contributed by atoms with van der Waals surface area (Å²) in [5, 5.41) is 1.09. The van der Waals surface area contributed by atoms with Crippen molar-refractivity contribution in [2.75, 3.05) is 6.61 Å². The van der Waals surface area contributed by atoms with Crippen molar-refractivity contribution in [3.8, 4) is 0 Å². The molecule has 1 saturated carbocycles. The normalized spacial score (nSPS) is 21.4. The molecule has 6 heteroatoms. The average Bonchev–Trinajstić information content (AvgIpc) is 3.05. The maximum atomic E-state index is 11.6. The number of carbonyl (C=O) groups excluding carboxylic acids is 2. The van der Waals surface area contributed by atoms with Gasteiger partial charge in [-0.05, 0) is 30.0 Å². The van der Waals surface area contributed by atoms with Gasteiger partial charge in [0.15, 0.2) is 6.61 Å². The Hall–Kier alpha value is -1.26. The number of benzene rings is 1. The predicted octanol–water partition coefficient (Wildman–Crippen LogP) is 2.13. The highest BCUT2D eigenvalue weighted by Gasteiger charge is 2.46. The van der Waals surface area contributed by atoms with Gasteiger partial charge < -0.3 is 10.5 Å². The van der Waals surface area contributed by atoms with Crippen LogP contribution in [0.5, 0.6) is 0 Å². The molecule has 0 aromatic heterocycles. The topological polar surface area (TPSA) is 69.4 Å². The summed E-state index contributed by atoms with van der Waals surface area (Å²) in [6, 6.07) is 5.17. The molecule has 1 fully saturated rings. The molecule has 0 radical (unpaired) electrons. The molecule has 0 heterocycles. The summed E-state index contributed by atoms with van der Waals surface area (Å²) in [6.07, 6.45) is 0.666. The van der Waals surface area contributed by atoms with Crippen LogP contribution in [0, 0.1) is 5.92 Å². The molecular weight excluding hydrogens is 277 g/mol. The highest BCUT2D eigenvalue weighted by molar-refractivity contribution is 6.35. The number of carbonyl (C=O) groups is 2. The van der Waals surface area contributed by atoms with E-state index < -0.39 is 11.9 Å². The van der Waals surface area contributed by atoms with E-state index in [1.54, 1.807) is 18.2 Å². The molecule has 2 rings (SSSR count). The SMILES string of the molecule is NC(=O)COC(=O)[C@H]1C[C@H]1c1ccc(Cl)cc1Cl. The minimum absolute atomic E-state index is 0.0372. The Kier molecular flexibility index (Phi) is 3.78. The Morgan fingerprint density at radius 3 is 2.72 bits per heavy atom. The zero-order chi connectivity index (χ0) is 13.3. The minimum atomic E-state index is -0.662. The van der Waals surface area contributed by atoms with Crippen LogP contribution < -0.4 is 5.73 Å². The zero-order valence-corrected chi connectivity index (χ0v) is 10.9. The van der Waals surface area contributed by atoms with E-state index in [-0.39, 0.29) is 18.4 Å². The van der Waals surface area contributed by atoms with Gasteiger partial charge >= 0.3 is 5.97 Å². The molecule has 0 bridgehead atoms. The first-order valence-corrected chi connectivity index (χ1v) is 6.14. The van der Waals surface area contributed by atoms with E-state index in [1.807, 2.05) is 0 Å². The summed E-state index contributed by atoms with van der Waals surface area (Å²) < 4.78 is 4.76. The van der Waals surface area contributed by atoms with Crippen LogP contribution in [-0.2, 0) is 14.3 Å². The number of rotatable bonds is 4. The van der Waals surface area contributed by atoms with E-state index >= 15 is 0 Å². The standard InChI is InChI=1S/C12H11Cl2NO3/c13-6-1-2-7(10(14)3-6)8-4-9(8)12(17)18-5-11(15)16/h1-3,8-9H,4-5H2,(H2,15,16)/t8-,9-/m0/s1. The third kappa shape index (κ3) is 2.94. The van der Waals surface area contributed by atoms with Crippen molar-refractivity contribution in [1.29, 1.82) is 0 Å². The first-order chi connectivity index (χ1) is 8.49. The molecule has 18 heavy (non-hydrogen) atoms. The molecule has 1 aliphatic rings. The van der Waals surface area contributed by atoms with Crippen LogP contribution >= 0.6 is 23.2 Å². The van der Waals surface area contributed by atoms with Gasteiger partial charge in [0.2, 0.25) is 0 Å². The van der Waals surface area contributed by atoms with Crippen LogP contribution in [0.1, 0.15) is 17.9 Å². The van der Waals surface area contributed by atoms with Crippen LogP contribution in [0.25, 0.3) is 0 Å². The number of halogens is 2. The molecule has 2 atom stereocenters. The number of amides is 1. The molecule has 0 saturated heterocycles. The second-order valence-corrected chi connectivity index (χ2v) is 5.03. The van der Waals surface area contributed by atoms with Crippen molar-refractivity contribution in [3.63, 3.8) is 0 Å². The number of hydrogen-bond donors (Lipinski definition) is 1. The molecule has 0 aliphatic heterocycles. The van der Waals surface area contributed by atoms with Crippen molar-refractivity contribution >= 4 is 35.1 Å². The summed E-state index contributed by atoms with van der Waals surface area (Å²) in [5.74, 6) is -1.28. The van der Waals surface area contributed by atoms with Gasteiger partial charge in [-0.1, -0.05) is 29.3 Å².